The lowest BCUT2D eigenvalue weighted by Gasteiger charge is -2.01. The topological polar surface area (TPSA) is 37.8 Å². The number of benzene rings is 1. The summed E-state index contributed by atoms with van der Waals surface area (Å²) in [6.45, 7) is 2.05. The van der Waals surface area contributed by atoms with Crippen molar-refractivity contribution in [1.82, 2.24) is 9.97 Å². The van der Waals surface area contributed by atoms with E-state index in [1.54, 1.807) is 6.20 Å². The van der Waals surface area contributed by atoms with E-state index in [2.05, 4.69) is 15.3 Å². The predicted octanol–water partition coefficient (Wildman–Crippen LogP) is 1.98. The second-order valence-electron chi connectivity index (χ2n) is 3.00. The van der Waals surface area contributed by atoms with Crippen LogP contribution in [0.3, 0.4) is 0 Å². The predicted molar refractivity (Wildman–Crippen MR) is 53.8 cm³/mol. The van der Waals surface area contributed by atoms with E-state index in [0.29, 0.717) is 0 Å². The molecule has 0 amide bonds. The maximum atomic E-state index is 4.38. The molecule has 0 bridgehead atoms. The van der Waals surface area contributed by atoms with Gasteiger partial charge in [0.15, 0.2) is 0 Å². The second kappa shape index (κ2) is 3.01. The molecule has 1 N–H and O–H groups in total. The normalized spacial score (nSPS) is 10.3. The monoisotopic (exact) mass is 173 g/mol. The molecule has 0 spiro atoms. The second-order valence-corrected chi connectivity index (χ2v) is 3.00. The van der Waals surface area contributed by atoms with E-state index >= 15 is 0 Å². The molecule has 1 aromatic carbocycles. The van der Waals surface area contributed by atoms with E-state index in [1.165, 1.54) is 5.56 Å². The summed E-state index contributed by atoms with van der Waals surface area (Å²) < 4.78 is 0. The smallest absolute Gasteiger partial charge is 0.144 e. The van der Waals surface area contributed by atoms with Crippen LogP contribution in [0.2, 0.25) is 0 Å². The lowest BCUT2D eigenvalue weighted by atomic mass is 10.2. The third kappa shape index (κ3) is 1.45. The number of rotatable bonds is 1. The van der Waals surface area contributed by atoms with Gasteiger partial charge in [-0.15, -0.1) is 0 Å². The van der Waals surface area contributed by atoms with Gasteiger partial charge < -0.3 is 5.32 Å². The zero-order valence-electron chi connectivity index (χ0n) is 7.70. The number of anilines is 1. The summed E-state index contributed by atoms with van der Waals surface area (Å²) in [5.41, 5.74) is 3.08. The van der Waals surface area contributed by atoms with Gasteiger partial charge in [-0.1, -0.05) is 6.07 Å². The minimum absolute atomic E-state index is 0.804. The molecule has 0 aliphatic heterocycles. The van der Waals surface area contributed by atoms with Crippen LogP contribution in [0.4, 0.5) is 5.82 Å². The van der Waals surface area contributed by atoms with Crippen molar-refractivity contribution in [2.24, 2.45) is 0 Å². The van der Waals surface area contributed by atoms with Crippen LogP contribution < -0.4 is 5.32 Å². The molecule has 0 aliphatic carbocycles. The quantitative estimate of drug-likeness (QED) is 0.716. The Balaban J connectivity index is 2.68. The number of hydrogen-bond donors (Lipinski definition) is 1. The summed E-state index contributed by atoms with van der Waals surface area (Å²) in [7, 11) is 1.84. The van der Waals surface area contributed by atoms with Crippen LogP contribution in [0.5, 0.6) is 0 Å². The van der Waals surface area contributed by atoms with Crippen molar-refractivity contribution in [1.29, 1.82) is 0 Å². The van der Waals surface area contributed by atoms with Gasteiger partial charge in [-0.2, -0.15) is 0 Å². The molecule has 2 aromatic rings. The summed E-state index contributed by atoms with van der Waals surface area (Å²) >= 11 is 0. The molecule has 1 aromatic heterocycles. The van der Waals surface area contributed by atoms with Crippen molar-refractivity contribution < 1.29 is 0 Å². The van der Waals surface area contributed by atoms with Gasteiger partial charge >= 0.3 is 0 Å². The lowest BCUT2D eigenvalue weighted by Crippen LogP contribution is -1.94. The molecule has 0 atom stereocenters. The van der Waals surface area contributed by atoms with E-state index in [1.807, 2.05) is 32.2 Å². The highest BCUT2D eigenvalue weighted by atomic mass is 15.0. The maximum Gasteiger partial charge on any atom is 0.144 e. The Bertz CT molecular complexity index is 437. The first-order valence-corrected chi connectivity index (χ1v) is 4.21. The third-order valence-corrected chi connectivity index (χ3v) is 1.95. The van der Waals surface area contributed by atoms with Crippen molar-refractivity contribution >= 4 is 16.9 Å². The minimum Gasteiger partial charge on any atom is -0.372 e. The molecule has 3 heteroatoms. The number of nitrogens with zero attached hydrogens (tertiary/aromatic N) is 2. The van der Waals surface area contributed by atoms with E-state index < -0.39 is 0 Å². The fourth-order valence-electron chi connectivity index (χ4n) is 1.24. The van der Waals surface area contributed by atoms with Crippen molar-refractivity contribution in [2.45, 2.75) is 6.92 Å². The number of aromatic nitrogens is 2. The third-order valence-electron chi connectivity index (χ3n) is 1.95. The van der Waals surface area contributed by atoms with Crippen LogP contribution in [0.1, 0.15) is 5.56 Å². The van der Waals surface area contributed by atoms with Crippen LogP contribution in [0.25, 0.3) is 11.0 Å². The fraction of sp³-hybridized carbons (Fsp3) is 0.200. The molecule has 2 rings (SSSR count). The van der Waals surface area contributed by atoms with E-state index in [9.17, 15) is 0 Å². The summed E-state index contributed by atoms with van der Waals surface area (Å²) in [6.07, 6.45) is 1.73. The van der Waals surface area contributed by atoms with E-state index in [-0.39, 0.29) is 0 Å². The molecule has 66 valence electrons. The highest BCUT2D eigenvalue weighted by Gasteiger charge is 1.97. The Labute approximate surface area is 76.8 Å². The van der Waals surface area contributed by atoms with Gasteiger partial charge in [0.2, 0.25) is 0 Å². The van der Waals surface area contributed by atoms with E-state index in [0.717, 1.165) is 16.9 Å². The molecule has 1 heterocycles. The molecule has 0 aliphatic rings. The lowest BCUT2D eigenvalue weighted by molar-refractivity contribution is 1.26. The number of fused-ring (bicyclic) bond motifs is 1. The van der Waals surface area contributed by atoms with Gasteiger partial charge in [0.25, 0.3) is 0 Å². The average Bonchev–Trinajstić information content (AvgIpc) is 2.16. The van der Waals surface area contributed by atoms with Gasteiger partial charge in [-0.3, -0.25) is 4.98 Å². The molecule has 0 radical (unpaired) electrons. The Morgan fingerprint density at radius 3 is 2.85 bits per heavy atom. The fourth-order valence-corrected chi connectivity index (χ4v) is 1.24. The van der Waals surface area contributed by atoms with Gasteiger partial charge in [0.05, 0.1) is 17.2 Å². The number of hydrogen-bond acceptors (Lipinski definition) is 3. The Morgan fingerprint density at radius 2 is 2.08 bits per heavy atom. The average molecular weight is 173 g/mol. The highest BCUT2D eigenvalue weighted by Crippen LogP contribution is 2.12. The van der Waals surface area contributed by atoms with Gasteiger partial charge in [-0.25, -0.2) is 4.98 Å². The van der Waals surface area contributed by atoms with Gasteiger partial charge in [0.1, 0.15) is 5.82 Å². The van der Waals surface area contributed by atoms with E-state index in [4.69, 9.17) is 0 Å². The summed E-state index contributed by atoms with van der Waals surface area (Å²) in [4.78, 5) is 8.65. The first-order valence-electron chi connectivity index (χ1n) is 4.21. The van der Waals surface area contributed by atoms with Crippen LogP contribution in [0, 0.1) is 6.92 Å². The number of aryl methyl sites for hydroxylation is 1. The molecule has 0 saturated heterocycles. The summed E-state index contributed by atoms with van der Waals surface area (Å²) in [6, 6.07) is 6.05. The van der Waals surface area contributed by atoms with Gasteiger partial charge in [-0.05, 0) is 24.6 Å². The number of nitrogens with one attached hydrogen (secondary N) is 1. The summed E-state index contributed by atoms with van der Waals surface area (Å²) in [5.74, 6) is 0.804. The molecule has 3 nitrogen and oxygen atoms in total. The molecule has 13 heavy (non-hydrogen) atoms. The zero-order valence-corrected chi connectivity index (χ0v) is 7.70. The zero-order chi connectivity index (χ0) is 9.26. The molecule has 0 saturated carbocycles. The van der Waals surface area contributed by atoms with Crippen LogP contribution in [-0.2, 0) is 0 Å². The van der Waals surface area contributed by atoms with Crippen LogP contribution in [-0.4, -0.2) is 17.0 Å². The first kappa shape index (κ1) is 7.98. The summed E-state index contributed by atoms with van der Waals surface area (Å²) in [5, 5.41) is 2.96. The SMILES string of the molecule is CNc1cnc2ccc(C)cc2n1. The van der Waals surface area contributed by atoms with Crippen molar-refractivity contribution in [3.05, 3.63) is 30.0 Å². The largest absolute Gasteiger partial charge is 0.372 e. The van der Waals surface area contributed by atoms with Crippen molar-refractivity contribution in [2.75, 3.05) is 12.4 Å². The molecular weight excluding hydrogens is 162 g/mol. The maximum absolute atomic E-state index is 4.38. The Morgan fingerprint density at radius 1 is 1.23 bits per heavy atom. The Hall–Kier alpha value is -1.64. The molecule has 0 unspecified atom stereocenters. The minimum atomic E-state index is 0.804. The highest BCUT2D eigenvalue weighted by molar-refractivity contribution is 5.76. The van der Waals surface area contributed by atoms with Crippen molar-refractivity contribution in [3.63, 3.8) is 0 Å². The van der Waals surface area contributed by atoms with Crippen LogP contribution >= 0.6 is 0 Å². The molecule has 0 fully saturated rings. The standard InChI is InChI=1S/C10H11N3/c1-7-3-4-8-9(5-7)13-10(11-2)6-12-8/h3-6H,1-2H3,(H,11,13). The molecular formula is C10H11N3. The Kier molecular flexibility index (Phi) is 1.85. The first-order chi connectivity index (χ1) is 6.29. The van der Waals surface area contributed by atoms with Crippen molar-refractivity contribution in [3.8, 4) is 0 Å². The van der Waals surface area contributed by atoms with Crippen LogP contribution in [0.15, 0.2) is 24.4 Å². The van der Waals surface area contributed by atoms with Gasteiger partial charge in [0, 0.05) is 7.05 Å².